The molecule has 16 aromatic rings. The van der Waals surface area contributed by atoms with Crippen LogP contribution in [0.25, 0.3) is 154 Å². The first-order valence-corrected chi connectivity index (χ1v) is 28.3. The first kappa shape index (κ1) is 45.7. The lowest BCUT2D eigenvalue weighted by atomic mass is 9.80. The molecule has 17 rings (SSSR count). The molecule has 0 fully saturated rings. The minimum absolute atomic E-state index is 0.167. The first-order valence-electron chi connectivity index (χ1n) is 28.3. The molecule has 2 heterocycles. The molecule has 14 aromatic carbocycles. The molecule has 0 saturated carbocycles. The van der Waals surface area contributed by atoms with Crippen molar-refractivity contribution in [1.29, 1.82) is 0 Å². The van der Waals surface area contributed by atoms with Crippen LogP contribution in [0.4, 0.5) is 0 Å². The molecule has 0 radical (unpaired) electrons. The zero-order chi connectivity index (χ0) is 53.5. The number of aromatic nitrogens is 2. The second kappa shape index (κ2) is 17.4. The average molecular weight is 1030 g/mol. The normalized spacial score (nSPS) is 12.9. The summed E-state index contributed by atoms with van der Waals surface area (Å²) in [5.74, 6) is 0. The molecule has 0 spiro atoms. The smallest absolute Gasteiger partial charge is 0.0541 e. The van der Waals surface area contributed by atoms with Crippen LogP contribution in [0.2, 0.25) is 0 Å². The van der Waals surface area contributed by atoms with Crippen molar-refractivity contribution >= 4 is 86.7 Å². The van der Waals surface area contributed by atoms with Gasteiger partial charge in [-0.1, -0.05) is 196 Å². The fourth-order valence-corrected chi connectivity index (χ4v) is 13.8. The van der Waals surface area contributed by atoms with E-state index in [4.69, 9.17) is 0 Å². The van der Waals surface area contributed by atoms with Crippen LogP contribution >= 0.6 is 0 Å². The van der Waals surface area contributed by atoms with Gasteiger partial charge in [0.2, 0.25) is 0 Å². The third-order valence-corrected chi connectivity index (χ3v) is 18.0. The monoisotopic (exact) mass is 1030 g/mol. The second-order valence-electron chi connectivity index (χ2n) is 22.9. The predicted octanol–water partition coefficient (Wildman–Crippen LogP) is 21.5. The summed E-state index contributed by atoms with van der Waals surface area (Å²) in [6, 6.07) is 104. The number of hydrogen-bond acceptors (Lipinski definition) is 0. The van der Waals surface area contributed by atoms with Crippen molar-refractivity contribution in [3.05, 3.63) is 290 Å². The highest BCUT2D eigenvalue weighted by Crippen LogP contribution is 2.51. The minimum atomic E-state index is -0.167. The summed E-state index contributed by atoms with van der Waals surface area (Å²) < 4.78 is 4.82. The van der Waals surface area contributed by atoms with E-state index in [1.54, 1.807) is 0 Å². The van der Waals surface area contributed by atoms with Gasteiger partial charge < -0.3 is 9.13 Å². The number of nitrogens with zero attached hydrogens (tertiary/aromatic N) is 2. The van der Waals surface area contributed by atoms with Crippen LogP contribution in [0, 0.1) is 0 Å². The van der Waals surface area contributed by atoms with Crippen LogP contribution in [0.15, 0.2) is 279 Å². The van der Waals surface area contributed by atoms with Crippen LogP contribution in [-0.4, -0.2) is 9.13 Å². The van der Waals surface area contributed by atoms with Gasteiger partial charge >= 0.3 is 0 Å². The summed E-state index contributed by atoms with van der Waals surface area (Å²) in [5, 5.41) is 15.0. The quantitative estimate of drug-likeness (QED) is 0.157. The van der Waals surface area contributed by atoms with Crippen LogP contribution < -0.4 is 0 Å². The molecular formula is C79H52N2. The zero-order valence-electron chi connectivity index (χ0n) is 45.0. The Morgan fingerprint density at radius 3 is 0.938 bits per heavy atom. The Hall–Kier alpha value is -10.3. The Kier molecular flexibility index (Phi) is 9.80. The van der Waals surface area contributed by atoms with Crippen LogP contribution in [0.3, 0.4) is 0 Å². The van der Waals surface area contributed by atoms with Gasteiger partial charge in [-0.05, 0) is 207 Å². The van der Waals surface area contributed by atoms with E-state index in [0.717, 1.165) is 0 Å². The fourth-order valence-electron chi connectivity index (χ4n) is 13.8. The number of hydrogen-bond donors (Lipinski definition) is 0. The van der Waals surface area contributed by atoms with Gasteiger partial charge in [-0.15, -0.1) is 0 Å². The minimum Gasteiger partial charge on any atom is -0.309 e. The first-order chi connectivity index (χ1) is 39.8. The van der Waals surface area contributed by atoms with Gasteiger partial charge in [-0.2, -0.15) is 0 Å². The van der Waals surface area contributed by atoms with Crippen molar-refractivity contribution in [1.82, 2.24) is 9.13 Å². The highest BCUT2D eigenvalue weighted by molar-refractivity contribution is 6.12. The van der Waals surface area contributed by atoms with E-state index in [0.29, 0.717) is 0 Å². The average Bonchev–Trinajstić information content (AvgIpc) is 3.73. The third-order valence-electron chi connectivity index (χ3n) is 18.0. The molecule has 0 saturated heterocycles. The molecule has 2 nitrogen and oxygen atoms in total. The van der Waals surface area contributed by atoms with Gasteiger partial charge in [0.15, 0.2) is 0 Å². The van der Waals surface area contributed by atoms with E-state index < -0.39 is 0 Å². The maximum Gasteiger partial charge on any atom is 0.0541 e. The van der Waals surface area contributed by atoms with Gasteiger partial charge in [0, 0.05) is 38.3 Å². The van der Waals surface area contributed by atoms with Crippen molar-refractivity contribution in [3.63, 3.8) is 0 Å². The molecular weight excluding hydrogens is 977 g/mol. The Morgan fingerprint density at radius 2 is 0.519 bits per heavy atom. The fraction of sp³-hybridized carbons (Fsp3) is 0.0380. The largest absolute Gasteiger partial charge is 0.309 e. The molecule has 2 heteroatoms. The summed E-state index contributed by atoms with van der Waals surface area (Å²) in [5.41, 5.74) is 22.3. The van der Waals surface area contributed by atoms with E-state index in [-0.39, 0.29) is 5.41 Å². The predicted molar refractivity (Wildman–Crippen MR) is 344 cm³/mol. The maximum absolute atomic E-state index is 2.45. The molecule has 81 heavy (non-hydrogen) atoms. The molecule has 1 aliphatic carbocycles. The van der Waals surface area contributed by atoms with Gasteiger partial charge in [-0.25, -0.2) is 0 Å². The molecule has 0 N–H and O–H groups in total. The Morgan fingerprint density at radius 1 is 0.222 bits per heavy atom. The van der Waals surface area contributed by atoms with Crippen molar-refractivity contribution in [2.24, 2.45) is 0 Å². The standard InChI is InChI=1S/C79H52N2/c1-79(2)73-47-63(59-25-21-53-39-57(23-19-55(53)41-59)61-31-37-77-71(45-61)69-15-7-9-17-75(69)80(77)65-33-27-49-11-3-5-13-51(49)43-65)29-35-67(73)68-36-30-64(48-74(68)79)60-26-22-54-40-58(24-20-56(54)42-60)62-32-38-78-72(46-62)70-16-8-10-18-76(70)81(78)66-34-28-50-12-4-6-14-52(50)44-66/h3-48H,1-2H3. The van der Waals surface area contributed by atoms with Gasteiger partial charge in [0.1, 0.15) is 0 Å². The van der Waals surface area contributed by atoms with Crippen molar-refractivity contribution in [2.75, 3.05) is 0 Å². The third kappa shape index (κ3) is 7.13. The molecule has 0 bridgehead atoms. The summed E-state index contributed by atoms with van der Waals surface area (Å²) in [6.45, 7) is 4.79. The molecule has 0 aliphatic heterocycles. The second-order valence-corrected chi connectivity index (χ2v) is 22.9. The van der Waals surface area contributed by atoms with Crippen LogP contribution in [-0.2, 0) is 5.41 Å². The summed E-state index contributed by atoms with van der Waals surface area (Å²) in [7, 11) is 0. The van der Waals surface area contributed by atoms with Crippen LogP contribution in [0.5, 0.6) is 0 Å². The van der Waals surface area contributed by atoms with Gasteiger partial charge in [-0.3, -0.25) is 0 Å². The molecule has 0 unspecified atom stereocenters. The SMILES string of the molecule is CC1(C)c2cc(-c3ccc4cc(-c5ccc6c(c5)c5ccccc5n6-c5ccc6ccccc6c5)ccc4c3)ccc2-c2ccc(-c3ccc4cc(-c5ccc6c(c5)c5ccccc5n6-c5ccc6ccccc6c5)ccc4c3)cc21. The molecule has 0 amide bonds. The molecule has 378 valence electrons. The molecule has 2 aromatic heterocycles. The lowest BCUT2D eigenvalue weighted by Gasteiger charge is -2.23. The Labute approximate surface area is 469 Å². The molecule has 0 atom stereocenters. The van der Waals surface area contributed by atoms with E-state index in [2.05, 4.69) is 302 Å². The van der Waals surface area contributed by atoms with Gasteiger partial charge in [0.05, 0.1) is 22.1 Å². The molecule has 1 aliphatic rings. The van der Waals surface area contributed by atoms with Crippen molar-refractivity contribution < 1.29 is 0 Å². The topological polar surface area (TPSA) is 9.86 Å². The Balaban J connectivity index is 0.644. The maximum atomic E-state index is 2.45. The number of fused-ring (bicyclic) bond motifs is 13. The van der Waals surface area contributed by atoms with Crippen molar-refractivity contribution in [2.45, 2.75) is 19.3 Å². The number of rotatable bonds is 6. The number of benzene rings is 14. The zero-order valence-corrected chi connectivity index (χ0v) is 45.0. The highest BCUT2D eigenvalue weighted by atomic mass is 15.0. The summed E-state index contributed by atoms with van der Waals surface area (Å²) in [6.07, 6.45) is 0. The van der Waals surface area contributed by atoms with E-state index in [9.17, 15) is 0 Å². The highest BCUT2D eigenvalue weighted by Gasteiger charge is 2.36. The lowest BCUT2D eigenvalue weighted by molar-refractivity contribution is 0.661. The summed E-state index contributed by atoms with van der Waals surface area (Å²) >= 11 is 0. The number of para-hydroxylation sites is 2. The van der Waals surface area contributed by atoms with E-state index >= 15 is 0 Å². The van der Waals surface area contributed by atoms with E-state index in [1.165, 1.54) is 165 Å². The lowest BCUT2D eigenvalue weighted by Crippen LogP contribution is -2.15. The van der Waals surface area contributed by atoms with E-state index in [1.807, 2.05) is 0 Å². The van der Waals surface area contributed by atoms with Crippen LogP contribution in [0.1, 0.15) is 25.0 Å². The summed E-state index contributed by atoms with van der Waals surface area (Å²) in [4.78, 5) is 0. The van der Waals surface area contributed by atoms with Crippen molar-refractivity contribution in [3.8, 4) is 67.0 Å². The van der Waals surface area contributed by atoms with Gasteiger partial charge in [0.25, 0.3) is 0 Å². The Bertz CT molecular complexity index is 5000.